The van der Waals surface area contributed by atoms with Gasteiger partial charge in [-0.1, -0.05) is 42.5 Å². The summed E-state index contributed by atoms with van der Waals surface area (Å²) in [6, 6.07) is 12.1. The van der Waals surface area contributed by atoms with E-state index in [1.165, 1.54) is 26.2 Å². The van der Waals surface area contributed by atoms with Crippen molar-refractivity contribution in [1.29, 1.82) is 0 Å². The van der Waals surface area contributed by atoms with Gasteiger partial charge in [-0.05, 0) is 24.1 Å². The van der Waals surface area contributed by atoms with Crippen molar-refractivity contribution in [2.75, 3.05) is 13.7 Å². The van der Waals surface area contributed by atoms with Crippen LogP contribution in [-0.4, -0.2) is 30.6 Å². The highest BCUT2D eigenvalue weighted by molar-refractivity contribution is 5.93. The number of nitrogens with zero attached hydrogens (tertiary/aromatic N) is 1. The van der Waals surface area contributed by atoms with Gasteiger partial charge in [-0.3, -0.25) is 10.1 Å². The molecular weight excluding hydrogens is 364 g/mol. The number of hydrogen-bond acceptors (Lipinski definition) is 6. The van der Waals surface area contributed by atoms with E-state index in [-0.39, 0.29) is 30.0 Å². The quantitative estimate of drug-likeness (QED) is 0.444. The number of nitrogens with one attached hydrogen (secondary N) is 1. The van der Waals surface area contributed by atoms with E-state index < -0.39 is 17.0 Å². The van der Waals surface area contributed by atoms with Crippen molar-refractivity contribution in [3.63, 3.8) is 0 Å². The summed E-state index contributed by atoms with van der Waals surface area (Å²) in [6.07, 6.45) is 2.58. The molecule has 0 heterocycles. The minimum Gasteiger partial charge on any atom is -0.465 e. The molecule has 8 nitrogen and oxygen atoms in total. The molecule has 0 aliphatic carbocycles. The number of hydrogen-bond donors (Lipinski definition) is 1. The molecule has 0 spiro atoms. The molecule has 0 radical (unpaired) electrons. The normalized spacial score (nSPS) is 10.5. The van der Waals surface area contributed by atoms with Crippen LogP contribution in [0.4, 0.5) is 10.5 Å². The Morgan fingerprint density at radius 1 is 1.21 bits per heavy atom. The highest BCUT2D eigenvalue weighted by atomic mass is 16.6. The van der Waals surface area contributed by atoms with Gasteiger partial charge in [0.05, 0.1) is 17.6 Å². The largest absolute Gasteiger partial charge is 0.465 e. The van der Waals surface area contributed by atoms with Crippen LogP contribution >= 0.6 is 0 Å². The SMILES string of the molecule is COC(=O)c1cc(C=CCNC(=O)OCc2ccccc2)cc([N+](=O)[O-])c1C. The fourth-order valence-electron chi connectivity index (χ4n) is 2.44. The van der Waals surface area contributed by atoms with Crippen molar-refractivity contribution in [3.05, 3.63) is 80.9 Å². The van der Waals surface area contributed by atoms with Gasteiger partial charge in [-0.15, -0.1) is 0 Å². The highest BCUT2D eigenvalue weighted by Crippen LogP contribution is 2.25. The number of nitro groups is 1. The van der Waals surface area contributed by atoms with Gasteiger partial charge in [0.2, 0.25) is 0 Å². The molecule has 0 bridgehead atoms. The zero-order valence-corrected chi connectivity index (χ0v) is 15.5. The number of rotatable bonds is 7. The number of benzene rings is 2. The van der Waals surface area contributed by atoms with Crippen LogP contribution in [0.3, 0.4) is 0 Å². The van der Waals surface area contributed by atoms with Crippen LogP contribution in [0, 0.1) is 17.0 Å². The number of amides is 1. The second-order valence-electron chi connectivity index (χ2n) is 5.81. The van der Waals surface area contributed by atoms with Gasteiger partial charge < -0.3 is 14.8 Å². The third kappa shape index (κ3) is 5.66. The summed E-state index contributed by atoms with van der Waals surface area (Å²) in [5, 5.41) is 13.7. The molecule has 1 amide bonds. The summed E-state index contributed by atoms with van der Waals surface area (Å²) < 4.78 is 9.75. The lowest BCUT2D eigenvalue weighted by molar-refractivity contribution is -0.385. The van der Waals surface area contributed by atoms with Crippen LogP contribution in [-0.2, 0) is 16.1 Å². The van der Waals surface area contributed by atoms with Crippen LogP contribution in [0.1, 0.15) is 27.0 Å². The van der Waals surface area contributed by atoms with Crippen molar-refractivity contribution >= 4 is 23.8 Å². The Labute approximate surface area is 161 Å². The number of nitro benzene ring substituents is 1. The van der Waals surface area contributed by atoms with Gasteiger partial charge in [-0.25, -0.2) is 9.59 Å². The Hall–Kier alpha value is -3.68. The Bertz CT molecular complexity index is 893. The minimum absolute atomic E-state index is 0.117. The summed E-state index contributed by atoms with van der Waals surface area (Å²) in [7, 11) is 1.21. The average molecular weight is 384 g/mol. The van der Waals surface area contributed by atoms with E-state index in [1.54, 1.807) is 12.2 Å². The molecule has 8 heteroatoms. The van der Waals surface area contributed by atoms with Gasteiger partial charge in [0.15, 0.2) is 0 Å². The first-order valence-electron chi connectivity index (χ1n) is 8.40. The number of alkyl carbamates (subject to hydrolysis) is 1. The predicted molar refractivity (Wildman–Crippen MR) is 103 cm³/mol. The zero-order valence-electron chi connectivity index (χ0n) is 15.5. The molecule has 0 atom stereocenters. The van der Waals surface area contributed by atoms with Gasteiger partial charge >= 0.3 is 12.1 Å². The average Bonchev–Trinajstić information content (AvgIpc) is 2.70. The number of methoxy groups -OCH3 is 1. The molecule has 2 aromatic rings. The van der Waals surface area contributed by atoms with Crippen molar-refractivity contribution in [2.24, 2.45) is 0 Å². The monoisotopic (exact) mass is 384 g/mol. The van der Waals surface area contributed by atoms with Crippen LogP contribution < -0.4 is 5.32 Å². The second-order valence-corrected chi connectivity index (χ2v) is 5.81. The van der Waals surface area contributed by atoms with E-state index in [9.17, 15) is 19.7 Å². The smallest absolute Gasteiger partial charge is 0.407 e. The first-order chi connectivity index (χ1) is 13.4. The molecule has 1 N–H and O–H groups in total. The zero-order chi connectivity index (χ0) is 20.5. The highest BCUT2D eigenvalue weighted by Gasteiger charge is 2.20. The summed E-state index contributed by atoms with van der Waals surface area (Å²) >= 11 is 0. The maximum Gasteiger partial charge on any atom is 0.407 e. The summed E-state index contributed by atoms with van der Waals surface area (Å²) in [4.78, 5) is 34.2. The molecule has 0 saturated carbocycles. The number of carbonyl (C=O) groups excluding carboxylic acids is 2. The van der Waals surface area contributed by atoms with E-state index in [0.717, 1.165) is 5.56 Å². The lowest BCUT2D eigenvalue weighted by Gasteiger charge is -2.07. The molecule has 28 heavy (non-hydrogen) atoms. The third-order valence-electron chi connectivity index (χ3n) is 3.89. The van der Waals surface area contributed by atoms with E-state index in [1.807, 2.05) is 30.3 Å². The van der Waals surface area contributed by atoms with Crippen molar-refractivity contribution in [1.82, 2.24) is 5.32 Å². The van der Waals surface area contributed by atoms with Crippen molar-refractivity contribution < 1.29 is 24.0 Å². The molecule has 0 aliphatic rings. The first-order valence-corrected chi connectivity index (χ1v) is 8.40. The van der Waals surface area contributed by atoms with E-state index in [0.29, 0.717) is 5.56 Å². The maximum atomic E-state index is 11.8. The van der Waals surface area contributed by atoms with Crippen LogP contribution in [0.2, 0.25) is 0 Å². The molecule has 2 aromatic carbocycles. The van der Waals surface area contributed by atoms with Crippen LogP contribution in [0.25, 0.3) is 6.08 Å². The second kappa shape index (κ2) is 9.86. The lowest BCUT2D eigenvalue weighted by atomic mass is 10.0. The van der Waals surface area contributed by atoms with E-state index in [4.69, 9.17) is 4.74 Å². The number of ether oxygens (including phenoxy) is 2. The van der Waals surface area contributed by atoms with Gasteiger partial charge in [0.25, 0.3) is 5.69 Å². The minimum atomic E-state index is -0.654. The summed E-state index contributed by atoms with van der Waals surface area (Å²) in [5.74, 6) is -0.654. The van der Waals surface area contributed by atoms with Crippen molar-refractivity contribution in [2.45, 2.75) is 13.5 Å². The molecular formula is C20H20N2O6. The molecule has 0 saturated heterocycles. The fraction of sp³-hybridized carbons (Fsp3) is 0.200. The Morgan fingerprint density at radius 2 is 1.93 bits per heavy atom. The Kier molecular flexibility index (Phi) is 7.27. The standard InChI is InChI=1S/C20H20N2O6/c1-14-17(19(23)27-2)11-16(12-18(14)22(25)26)9-6-10-21-20(24)28-13-15-7-4-3-5-8-15/h3-9,11-12H,10,13H2,1-2H3,(H,21,24). The number of esters is 1. The first kappa shape index (κ1) is 20.6. The van der Waals surface area contributed by atoms with E-state index in [2.05, 4.69) is 10.1 Å². The van der Waals surface area contributed by atoms with Gasteiger partial charge in [-0.2, -0.15) is 0 Å². The molecule has 0 unspecified atom stereocenters. The summed E-state index contributed by atoms with van der Waals surface area (Å²) in [5.41, 5.74) is 1.48. The molecule has 2 rings (SSSR count). The Balaban J connectivity index is 1.97. The molecule has 0 aromatic heterocycles. The maximum absolute atomic E-state index is 11.8. The van der Waals surface area contributed by atoms with Gasteiger partial charge in [0, 0.05) is 18.2 Å². The van der Waals surface area contributed by atoms with Crippen molar-refractivity contribution in [3.8, 4) is 0 Å². The predicted octanol–water partition coefficient (Wildman–Crippen LogP) is 3.63. The topological polar surface area (TPSA) is 108 Å². The molecule has 0 aliphatic heterocycles. The van der Waals surface area contributed by atoms with Gasteiger partial charge in [0.1, 0.15) is 6.61 Å². The Morgan fingerprint density at radius 3 is 2.57 bits per heavy atom. The molecule has 0 fully saturated rings. The number of carbonyl (C=O) groups is 2. The lowest BCUT2D eigenvalue weighted by Crippen LogP contribution is -2.24. The third-order valence-corrected chi connectivity index (χ3v) is 3.89. The van der Waals surface area contributed by atoms with Crippen LogP contribution in [0.5, 0.6) is 0 Å². The van der Waals surface area contributed by atoms with Crippen LogP contribution in [0.15, 0.2) is 48.5 Å². The fourth-order valence-corrected chi connectivity index (χ4v) is 2.44. The molecule has 146 valence electrons. The van der Waals surface area contributed by atoms with E-state index >= 15 is 0 Å². The summed E-state index contributed by atoms with van der Waals surface area (Å²) in [6.45, 7) is 1.80.